The number of likely N-dealkylation sites (N-methyl/N-ethyl adjacent to an activating group) is 1. The minimum absolute atomic E-state index is 0.271. The Morgan fingerprint density at radius 3 is 2.92 bits per heavy atom. The monoisotopic (exact) mass is 327 g/mol. The van der Waals surface area contributed by atoms with Gasteiger partial charge in [0.15, 0.2) is 0 Å². The lowest BCUT2D eigenvalue weighted by atomic mass is 10.1. The summed E-state index contributed by atoms with van der Waals surface area (Å²) in [4.78, 5) is 2.19. The summed E-state index contributed by atoms with van der Waals surface area (Å²) in [6.07, 6.45) is 4.77. The third-order valence-electron chi connectivity index (χ3n) is 4.13. The minimum atomic E-state index is -0.271. The van der Waals surface area contributed by atoms with Gasteiger partial charge >= 0.3 is 0 Å². The van der Waals surface area contributed by atoms with Crippen LogP contribution in [0.4, 0.5) is 4.39 Å². The van der Waals surface area contributed by atoms with Gasteiger partial charge in [-0.1, -0.05) is 24.3 Å². The number of nitrogens with zero attached hydrogens (tertiary/aromatic N) is 1. The lowest BCUT2D eigenvalue weighted by Crippen LogP contribution is -2.17. The van der Waals surface area contributed by atoms with Gasteiger partial charge in [-0.05, 0) is 36.4 Å². The smallest absolute Gasteiger partial charge is 0.134 e. The molecule has 0 spiro atoms. The van der Waals surface area contributed by atoms with Gasteiger partial charge in [-0.25, -0.2) is 4.39 Å². The number of rotatable bonds is 6. The molecule has 126 valence electrons. The van der Waals surface area contributed by atoms with Crippen molar-refractivity contribution in [1.29, 1.82) is 0 Å². The Labute approximate surface area is 142 Å². The van der Waals surface area contributed by atoms with E-state index >= 15 is 0 Å². The van der Waals surface area contributed by atoms with E-state index in [-0.39, 0.29) is 5.82 Å². The summed E-state index contributed by atoms with van der Waals surface area (Å²) in [6.45, 7) is 2.38. The number of fused-ring (bicyclic) bond motifs is 1. The van der Waals surface area contributed by atoms with Gasteiger partial charge in [0, 0.05) is 31.1 Å². The van der Waals surface area contributed by atoms with Crippen molar-refractivity contribution in [3.05, 3.63) is 65.0 Å². The van der Waals surface area contributed by atoms with E-state index in [4.69, 9.17) is 9.47 Å². The first-order valence-corrected chi connectivity index (χ1v) is 8.09. The predicted molar refractivity (Wildman–Crippen MR) is 94.0 cm³/mol. The van der Waals surface area contributed by atoms with Crippen LogP contribution in [0, 0.1) is 5.82 Å². The average Bonchev–Trinajstić information content (AvgIpc) is 3.04. The van der Waals surface area contributed by atoms with Gasteiger partial charge in [-0.15, -0.1) is 0 Å². The van der Waals surface area contributed by atoms with Crippen molar-refractivity contribution in [3.8, 4) is 11.5 Å². The van der Waals surface area contributed by atoms with Gasteiger partial charge in [0.05, 0.1) is 13.7 Å². The maximum atomic E-state index is 13.9. The molecular formula is C20H22FNO2. The summed E-state index contributed by atoms with van der Waals surface area (Å²) in [5, 5.41) is 0. The molecular weight excluding hydrogens is 305 g/mol. The number of hydrogen-bond acceptors (Lipinski definition) is 3. The topological polar surface area (TPSA) is 21.7 Å². The second-order valence-corrected chi connectivity index (χ2v) is 6.03. The molecule has 3 rings (SSSR count). The largest absolute Gasteiger partial charge is 0.497 e. The molecule has 0 fully saturated rings. The Balaban J connectivity index is 1.56. The Morgan fingerprint density at radius 2 is 2.12 bits per heavy atom. The zero-order valence-corrected chi connectivity index (χ0v) is 14.1. The molecule has 1 aliphatic heterocycles. The van der Waals surface area contributed by atoms with Crippen molar-refractivity contribution in [3.63, 3.8) is 0 Å². The maximum Gasteiger partial charge on any atom is 0.134 e. The standard InChI is InChI=1S/C20H22FNO2/c1-22(14-15-5-8-20-17(12-15)9-11-24-20)10-3-4-16-6-7-18(23-2)13-19(16)21/h3-8,12-13H,9-11,14H2,1-2H3/b4-3+. The number of methoxy groups -OCH3 is 1. The molecule has 1 aliphatic rings. The lowest BCUT2D eigenvalue weighted by Gasteiger charge is -2.15. The summed E-state index contributed by atoms with van der Waals surface area (Å²) in [5.41, 5.74) is 3.13. The number of ether oxygens (including phenoxy) is 2. The van der Waals surface area contributed by atoms with E-state index in [0.29, 0.717) is 11.3 Å². The molecule has 24 heavy (non-hydrogen) atoms. The quantitative estimate of drug-likeness (QED) is 0.803. The van der Waals surface area contributed by atoms with Crippen LogP contribution in [0.25, 0.3) is 6.08 Å². The molecule has 0 aromatic heterocycles. The highest BCUT2D eigenvalue weighted by molar-refractivity contribution is 5.51. The van der Waals surface area contributed by atoms with Gasteiger partial charge in [-0.3, -0.25) is 4.90 Å². The van der Waals surface area contributed by atoms with Crippen molar-refractivity contribution >= 4 is 6.08 Å². The molecule has 0 saturated carbocycles. The lowest BCUT2D eigenvalue weighted by molar-refractivity contribution is 0.356. The van der Waals surface area contributed by atoms with Crippen molar-refractivity contribution in [1.82, 2.24) is 4.90 Å². The fraction of sp³-hybridized carbons (Fsp3) is 0.300. The van der Waals surface area contributed by atoms with Crippen LogP contribution in [0.3, 0.4) is 0 Å². The highest BCUT2D eigenvalue weighted by Crippen LogP contribution is 2.26. The summed E-state index contributed by atoms with van der Waals surface area (Å²) in [7, 11) is 3.59. The zero-order valence-electron chi connectivity index (χ0n) is 14.1. The normalized spacial score (nSPS) is 13.3. The molecule has 3 nitrogen and oxygen atoms in total. The molecule has 2 aromatic carbocycles. The van der Waals surface area contributed by atoms with E-state index in [9.17, 15) is 4.39 Å². The Bertz CT molecular complexity index is 742. The van der Waals surface area contributed by atoms with Crippen LogP contribution in [0.1, 0.15) is 16.7 Å². The zero-order chi connectivity index (χ0) is 16.9. The van der Waals surface area contributed by atoms with Crippen LogP contribution in [-0.4, -0.2) is 32.2 Å². The van der Waals surface area contributed by atoms with Crippen molar-refractivity contribution < 1.29 is 13.9 Å². The summed E-state index contributed by atoms with van der Waals surface area (Å²) < 4.78 is 24.4. The molecule has 0 saturated heterocycles. The van der Waals surface area contributed by atoms with Gasteiger partial charge in [0.2, 0.25) is 0 Å². The van der Waals surface area contributed by atoms with Crippen LogP contribution in [0.15, 0.2) is 42.5 Å². The first kappa shape index (κ1) is 16.5. The summed E-state index contributed by atoms with van der Waals surface area (Å²) in [5.74, 6) is 1.27. The van der Waals surface area contributed by atoms with Gasteiger partial charge in [0.25, 0.3) is 0 Å². The van der Waals surface area contributed by atoms with E-state index in [0.717, 1.165) is 31.9 Å². The van der Waals surface area contributed by atoms with Gasteiger partial charge in [-0.2, -0.15) is 0 Å². The third-order valence-corrected chi connectivity index (χ3v) is 4.13. The molecule has 0 bridgehead atoms. The highest BCUT2D eigenvalue weighted by atomic mass is 19.1. The van der Waals surface area contributed by atoms with Crippen LogP contribution in [0.5, 0.6) is 11.5 Å². The predicted octanol–water partition coefficient (Wildman–Crippen LogP) is 3.91. The molecule has 2 aromatic rings. The van der Waals surface area contributed by atoms with Gasteiger partial charge in [0.1, 0.15) is 17.3 Å². The number of benzene rings is 2. The van der Waals surface area contributed by atoms with E-state index in [1.807, 2.05) is 18.2 Å². The Morgan fingerprint density at radius 1 is 1.25 bits per heavy atom. The molecule has 0 aliphatic carbocycles. The fourth-order valence-electron chi connectivity index (χ4n) is 2.84. The van der Waals surface area contributed by atoms with E-state index in [2.05, 4.69) is 24.1 Å². The molecule has 0 atom stereocenters. The second kappa shape index (κ2) is 7.49. The van der Waals surface area contributed by atoms with Crippen LogP contribution in [-0.2, 0) is 13.0 Å². The third kappa shape index (κ3) is 3.95. The first-order chi connectivity index (χ1) is 11.7. The first-order valence-electron chi connectivity index (χ1n) is 8.09. The summed E-state index contributed by atoms with van der Waals surface area (Å²) >= 11 is 0. The van der Waals surface area contributed by atoms with E-state index in [1.54, 1.807) is 12.1 Å². The molecule has 0 N–H and O–H groups in total. The Kier molecular flexibility index (Phi) is 5.16. The van der Waals surface area contributed by atoms with Crippen LogP contribution >= 0.6 is 0 Å². The minimum Gasteiger partial charge on any atom is -0.497 e. The molecule has 1 heterocycles. The fourth-order valence-corrected chi connectivity index (χ4v) is 2.84. The number of halogens is 1. The Hall–Kier alpha value is -2.33. The van der Waals surface area contributed by atoms with Crippen molar-refractivity contribution in [2.75, 3.05) is 27.3 Å². The average molecular weight is 327 g/mol. The van der Waals surface area contributed by atoms with Gasteiger partial charge < -0.3 is 9.47 Å². The second-order valence-electron chi connectivity index (χ2n) is 6.03. The highest BCUT2D eigenvalue weighted by Gasteiger charge is 2.12. The molecule has 0 amide bonds. The maximum absolute atomic E-state index is 13.9. The SMILES string of the molecule is COc1ccc(/C=C/CN(C)Cc2ccc3c(c2)CCO3)c(F)c1. The summed E-state index contributed by atoms with van der Waals surface area (Å²) in [6, 6.07) is 11.3. The van der Waals surface area contributed by atoms with Crippen LogP contribution in [0.2, 0.25) is 0 Å². The molecule has 0 radical (unpaired) electrons. The van der Waals surface area contributed by atoms with Crippen molar-refractivity contribution in [2.45, 2.75) is 13.0 Å². The van der Waals surface area contributed by atoms with E-state index in [1.165, 1.54) is 24.3 Å². The van der Waals surface area contributed by atoms with Crippen LogP contribution < -0.4 is 9.47 Å². The van der Waals surface area contributed by atoms with Crippen molar-refractivity contribution in [2.24, 2.45) is 0 Å². The molecule has 0 unspecified atom stereocenters. The van der Waals surface area contributed by atoms with E-state index < -0.39 is 0 Å². The number of hydrogen-bond donors (Lipinski definition) is 0. The molecule has 4 heteroatoms.